The van der Waals surface area contributed by atoms with Crippen molar-refractivity contribution in [2.24, 2.45) is 0 Å². The van der Waals surface area contributed by atoms with Gasteiger partial charge in [-0.1, -0.05) is 42.0 Å². The summed E-state index contributed by atoms with van der Waals surface area (Å²) in [7, 11) is 1.66. The SMILES string of the molecule is COc1ccc(CSCC(=O)NCc2cccc(C)c2)cc1. The number of hydrogen-bond donors (Lipinski definition) is 1. The number of ether oxygens (including phenoxy) is 1. The van der Waals surface area contributed by atoms with E-state index in [1.165, 1.54) is 11.1 Å². The Bertz CT molecular complexity index is 611. The first-order valence-electron chi connectivity index (χ1n) is 7.20. The second-order valence-electron chi connectivity index (χ2n) is 5.11. The average Bonchev–Trinajstić information content (AvgIpc) is 2.54. The number of amides is 1. The predicted molar refractivity (Wildman–Crippen MR) is 92.2 cm³/mol. The Balaban J connectivity index is 1.69. The molecular formula is C18H21NO2S. The van der Waals surface area contributed by atoms with Gasteiger partial charge in [-0.15, -0.1) is 11.8 Å². The normalized spacial score (nSPS) is 10.3. The van der Waals surface area contributed by atoms with E-state index in [2.05, 4.69) is 24.4 Å². The Labute approximate surface area is 136 Å². The summed E-state index contributed by atoms with van der Waals surface area (Å²) in [5.41, 5.74) is 3.53. The molecule has 0 saturated heterocycles. The van der Waals surface area contributed by atoms with Gasteiger partial charge in [0, 0.05) is 12.3 Å². The molecule has 0 aromatic heterocycles. The third kappa shape index (κ3) is 5.45. The van der Waals surface area contributed by atoms with Crippen molar-refractivity contribution in [3.05, 3.63) is 65.2 Å². The lowest BCUT2D eigenvalue weighted by Gasteiger charge is -2.06. The number of thioether (sulfide) groups is 1. The topological polar surface area (TPSA) is 38.3 Å². The van der Waals surface area contributed by atoms with Crippen molar-refractivity contribution in [1.82, 2.24) is 5.32 Å². The van der Waals surface area contributed by atoms with Gasteiger partial charge in [-0.3, -0.25) is 4.79 Å². The van der Waals surface area contributed by atoms with Gasteiger partial charge in [0.05, 0.1) is 12.9 Å². The Morgan fingerprint density at radius 1 is 1.14 bits per heavy atom. The molecule has 2 aromatic rings. The molecule has 0 bridgehead atoms. The van der Waals surface area contributed by atoms with Gasteiger partial charge in [0.15, 0.2) is 0 Å². The minimum absolute atomic E-state index is 0.0695. The van der Waals surface area contributed by atoms with Gasteiger partial charge >= 0.3 is 0 Å². The lowest BCUT2D eigenvalue weighted by molar-refractivity contribution is -0.118. The van der Waals surface area contributed by atoms with Crippen LogP contribution in [0.15, 0.2) is 48.5 Å². The van der Waals surface area contributed by atoms with Gasteiger partial charge in [0.25, 0.3) is 0 Å². The summed E-state index contributed by atoms with van der Waals surface area (Å²) < 4.78 is 5.12. The number of methoxy groups -OCH3 is 1. The van der Waals surface area contributed by atoms with E-state index in [1.54, 1.807) is 18.9 Å². The fourth-order valence-electron chi connectivity index (χ4n) is 2.06. The number of hydrogen-bond acceptors (Lipinski definition) is 3. The molecular weight excluding hydrogens is 294 g/mol. The maximum absolute atomic E-state index is 11.8. The molecule has 0 fully saturated rings. The van der Waals surface area contributed by atoms with E-state index in [1.807, 2.05) is 36.4 Å². The summed E-state index contributed by atoms with van der Waals surface area (Å²) >= 11 is 1.61. The third-order valence-corrected chi connectivity index (χ3v) is 4.24. The molecule has 116 valence electrons. The molecule has 2 rings (SSSR count). The fraction of sp³-hybridized carbons (Fsp3) is 0.278. The van der Waals surface area contributed by atoms with Crippen molar-refractivity contribution >= 4 is 17.7 Å². The molecule has 0 aliphatic carbocycles. The zero-order valence-corrected chi connectivity index (χ0v) is 13.8. The standard InChI is InChI=1S/C18H21NO2S/c1-14-4-3-5-16(10-14)11-19-18(20)13-22-12-15-6-8-17(21-2)9-7-15/h3-10H,11-13H2,1-2H3,(H,19,20). The second-order valence-corrected chi connectivity index (χ2v) is 6.09. The quantitative estimate of drug-likeness (QED) is 0.849. The van der Waals surface area contributed by atoms with E-state index < -0.39 is 0 Å². The summed E-state index contributed by atoms with van der Waals surface area (Å²) in [6, 6.07) is 16.1. The van der Waals surface area contributed by atoms with Crippen molar-refractivity contribution in [3.8, 4) is 5.75 Å². The summed E-state index contributed by atoms with van der Waals surface area (Å²) in [5.74, 6) is 2.21. The van der Waals surface area contributed by atoms with Crippen LogP contribution in [0.5, 0.6) is 5.75 Å². The van der Waals surface area contributed by atoms with E-state index in [0.717, 1.165) is 17.1 Å². The number of aryl methyl sites for hydroxylation is 1. The van der Waals surface area contributed by atoms with Gasteiger partial charge in [-0.25, -0.2) is 0 Å². The van der Waals surface area contributed by atoms with Gasteiger partial charge < -0.3 is 10.1 Å². The highest BCUT2D eigenvalue weighted by Crippen LogP contribution is 2.16. The molecule has 0 heterocycles. The van der Waals surface area contributed by atoms with Crippen molar-refractivity contribution in [3.63, 3.8) is 0 Å². The van der Waals surface area contributed by atoms with Crippen LogP contribution in [-0.2, 0) is 17.1 Å². The van der Waals surface area contributed by atoms with Gasteiger partial charge in [0.1, 0.15) is 5.75 Å². The molecule has 22 heavy (non-hydrogen) atoms. The highest BCUT2D eigenvalue weighted by molar-refractivity contribution is 7.99. The molecule has 0 aliphatic heterocycles. The molecule has 0 radical (unpaired) electrons. The van der Waals surface area contributed by atoms with Crippen LogP contribution < -0.4 is 10.1 Å². The first-order valence-corrected chi connectivity index (χ1v) is 8.36. The second kappa shape index (κ2) is 8.49. The largest absolute Gasteiger partial charge is 0.497 e. The summed E-state index contributed by atoms with van der Waals surface area (Å²) in [5, 5.41) is 2.95. The lowest BCUT2D eigenvalue weighted by Crippen LogP contribution is -2.24. The van der Waals surface area contributed by atoms with E-state index >= 15 is 0 Å². The number of carbonyl (C=O) groups excluding carboxylic acids is 1. The Kier molecular flexibility index (Phi) is 6.34. The van der Waals surface area contributed by atoms with E-state index in [0.29, 0.717) is 12.3 Å². The van der Waals surface area contributed by atoms with Crippen LogP contribution in [0.1, 0.15) is 16.7 Å². The van der Waals surface area contributed by atoms with Crippen LogP contribution in [0.4, 0.5) is 0 Å². The van der Waals surface area contributed by atoms with Crippen LogP contribution in [-0.4, -0.2) is 18.8 Å². The summed E-state index contributed by atoms with van der Waals surface area (Å²) in [4.78, 5) is 11.8. The van der Waals surface area contributed by atoms with Crippen molar-refractivity contribution < 1.29 is 9.53 Å². The highest BCUT2D eigenvalue weighted by Gasteiger charge is 2.03. The third-order valence-electron chi connectivity index (χ3n) is 3.23. The van der Waals surface area contributed by atoms with Crippen LogP contribution >= 0.6 is 11.8 Å². The number of benzene rings is 2. The zero-order chi connectivity index (χ0) is 15.8. The first kappa shape index (κ1) is 16.4. The monoisotopic (exact) mass is 315 g/mol. The molecule has 0 saturated carbocycles. The minimum Gasteiger partial charge on any atom is -0.497 e. The molecule has 0 spiro atoms. The number of nitrogens with one attached hydrogen (secondary N) is 1. The fourth-order valence-corrected chi connectivity index (χ4v) is 2.87. The molecule has 2 aromatic carbocycles. The molecule has 0 atom stereocenters. The highest BCUT2D eigenvalue weighted by atomic mass is 32.2. The van der Waals surface area contributed by atoms with Gasteiger partial charge in [-0.2, -0.15) is 0 Å². The number of rotatable bonds is 7. The van der Waals surface area contributed by atoms with Crippen LogP contribution in [0, 0.1) is 6.92 Å². The van der Waals surface area contributed by atoms with Gasteiger partial charge in [-0.05, 0) is 30.2 Å². The Hall–Kier alpha value is -1.94. The zero-order valence-electron chi connectivity index (χ0n) is 13.0. The molecule has 1 N–H and O–H groups in total. The molecule has 0 aliphatic rings. The maximum atomic E-state index is 11.8. The smallest absolute Gasteiger partial charge is 0.230 e. The van der Waals surface area contributed by atoms with Crippen molar-refractivity contribution in [2.45, 2.75) is 19.2 Å². The lowest BCUT2D eigenvalue weighted by atomic mass is 10.1. The molecule has 3 nitrogen and oxygen atoms in total. The Morgan fingerprint density at radius 2 is 1.91 bits per heavy atom. The minimum atomic E-state index is 0.0695. The number of carbonyl (C=O) groups is 1. The van der Waals surface area contributed by atoms with Crippen molar-refractivity contribution in [1.29, 1.82) is 0 Å². The molecule has 4 heteroatoms. The molecule has 0 unspecified atom stereocenters. The summed E-state index contributed by atoms with van der Waals surface area (Å²) in [6.45, 7) is 2.64. The maximum Gasteiger partial charge on any atom is 0.230 e. The average molecular weight is 315 g/mol. The van der Waals surface area contributed by atoms with E-state index in [-0.39, 0.29) is 5.91 Å². The van der Waals surface area contributed by atoms with E-state index in [9.17, 15) is 4.79 Å². The summed E-state index contributed by atoms with van der Waals surface area (Å²) in [6.07, 6.45) is 0. The van der Waals surface area contributed by atoms with E-state index in [4.69, 9.17) is 4.74 Å². The van der Waals surface area contributed by atoms with Crippen LogP contribution in [0.25, 0.3) is 0 Å². The Morgan fingerprint density at radius 3 is 2.59 bits per heavy atom. The predicted octanol–water partition coefficient (Wildman–Crippen LogP) is 3.55. The first-order chi connectivity index (χ1) is 10.7. The molecule has 1 amide bonds. The van der Waals surface area contributed by atoms with Crippen molar-refractivity contribution in [2.75, 3.05) is 12.9 Å². The van der Waals surface area contributed by atoms with Crippen LogP contribution in [0.2, 0.25) is 0 Å². The van der Waals surface area contributed by atoms with Crippen LogP contribution in [0.3, 0.4) is 0 Å². The van der Waals surface area contributed by atoms with Gasteiger partial charge in [0.2, 0.25) is 5.91 Å².